The molecule has 32 N–H and O–H groups in total. The fraction of sp³-hybridized carbons (Fsp3) is 0.895. The van der Waals surface area contributed by atoms with Crippen LogP contribution in [0.5, 0.6) is 0 Å². The van der Waals surface area contributed by atoms with Gasteiger partial charge in [0.2, 0.25) is 0 Å². The summed E-state index contributed by atoms with van der Waals surface area (Å²) in [5.41, 5.74) is 46.4. The van der Waals surface area contributed by atoms with Gasteiger partial charge in [0.25, 0.3) is 0 Å². The van der Waals surface area contributed by atoms with Gasteiger partial charge in [0, 0.05) is 105 Å². The van der Waals surface area contributed by atoms with E-state index in [-0.39, 0.29) is 274 Å². The fourth-order valence-corrected chi connectivity index (χ4v) is 24.0. The van der Waals surface area contributed by atoms with Crippen LogP contribution in [0.25, 0.3) is 0 Å². The third kappa shape index (κ3) is 43.0. The second kappa shape index (κ2) is 73.6. The number of hydrogen-bond donors (Lipinski definition) is 24. The molecule has 0 aromatic rings. The Morgan fingerprint density at radius 1 is 0.209 bits per heavy atom. The zero-order valence-corrected chi connectivity index (χ0v) is 104. The molecular weight excluding hydrogens is 2230 g/mol. The number of aliphatic hydroxyl groups is 16. The number of carboxylic acids is 8. The van der Waals surface area contributed by atoms with E-state index in [0.717, 1.165) is 35.3 Å². The van der Waals surface area contributed by atoms with Crippen LogP contribution in [0.15, 0.2) is 0 Å². The molecule has 27 heterocycles. The minimum Gasteiger partial charge on any atom is -0.548 e. The molecule has 27 rings (SSSR count). The van der Waals surface area contributed by atoms with Gasteiger partial charge in [-0.3, -0.25) is 0 Å². The van der Waals surface area contributed by atoms with Crippen LogP contribution in [0.1, 0.15) is 19.3 Å². The average molecular weight is 2350 g/mol. The van der Waals surface area contributed by atoms with Crippen molar-refractivity contribution in [1.29, 1.82) is 0 Å². The van der Waals surface area contributed by atoms with Gasteiger partial charge in [-0.1, -0.05) is 6.42 Å². The summed E-state index contributed by atoms with van der Waals surface area (Å²) in [6.45, 7) is -0.387. The van der Waals surface area contributed by atoms with Crippen LogP contribution in [0.4, 0.5) is 0 Å². The third-order valence-electron chi connectivity index (χ3n) is 23.6. The number of thioether (sulfide) groups is 8. The number of hydrogen-bond acceptors (Lipinski definition) is 64. The molecule has 56 nitrogen and oxygen atoms in total. The zero-order chi connectivity index (χ0) is 103. The van der Waals surface area contributed by atoms with E-state index in [1.54, 1.807) is 0 Å². The van der Waals surface area contributed by atoms with Gasteiger partial charge in [-0.15, -0.1) is 0 Å². The minimum atomic E-state index is -2.47. The van der Waals surface area contributed by atoms with Crippen LogP contribution in [-0.4, -0.2) is 516 Å². The average Bonchev–Trinajstić information content (AvgIpc) is 0.766. The van der Waals surface area contributed by atoms with Gasteiger partial charge in [0.1, 0.15) is 134 Å². The standard InChI is InChI=1S/C76H128N8O48S8.8Na/c77-22(61(101)102)5-133-13-30-21-3-1-2-4-117-69-47(94)39(86)54(31(119-69)14-134-6-23(78)62(103)104)127-71-49(96)41(88)56(33(121-71)16-136-8-25(80)64(107)108)129-73-51(98)43(90)58(35(123-73)18-138-10-27(82)66(111)112)131-75-53(100)45(92)60(37(125-75)20-140-12-29(84)68(115)116)132-76-52(99)44(91)59(36(124-76)19-139-11-28(83)67(113)114)130-74-50(97)42(89)57(34(122-74)17-137-9-26(81)65(109)110)128-72-48(95)40(87)55(126-70(118-30)46(93)38(21)85)32(120-72)15-135-7-24(79)63(105)106;;;;;;;;/h21-60,69-76,85-100H,1-20,77-84H2,(H,101,102)(H,103,104)(H,105,106)(H,107,108)(H,109,110)(H,111,112)(H,113,114)(H,115,116);;;;;;;;/q;8*+1/p-8. The van der Waals surface area contributed by atoms with Crippen LogP contribution >= 0.6 is 94.1 Å². The molecule has 0 radical (unpaired) electrons. The molecule has 27 saturated heterocycles. The molecule has 72 heteroatoms. The first kappa shape index (κ1) is 151. The van der Waals surface area contributed by atoms with Crippen molar-refractivity contribution < 1.29 is 473 Å². The van der Waals surface area contributed by atoms with E-state index in [0.29, 0.717) is 58.8 Å². The van der Waals surface area contributed by atoms with Gasteiger partial charge >= 0.3 is 236 Å². The van der Waals surface area contributed by atoms with E-state index in [2.05, 4.69) is 0 Å². The number of carbonyl (C=O) groups excluding carboxylic acids is 8. The number of carboxylic acid groups (broad SMARTS) is 8. The Balaban J connectivity index is 0.0000137. The zero-order valence-electron chi connectivity index (χ0n) is 82.0. The largest absolute Gasteiger partial charge is 1.00 e. The second-order valence-electron chi connectivity index (χ2n) is 34.1. The van der Waals surface area contributed by atoms with Gasteiger partial charge in [-0.05, 0) is 12.8 Å². The number of aliphatic hydroxyl groups excluding tert-OH is 16. The molecule has 48 atom stereocenters. The van der Waals surface area contributed by atoms with Gasteiger partial charge in [-0.2, -0.15) is 94.1 Å². The Labute approximate surface area is 1060 Å². The van der Waals surface area contributed by atoms with Crippen LogP contribution in [0.2, 0.25) is 0 Å². The van der Waals surface area contributed by atoms with Crippen molar-refractivity contribution in [2.45, 2.75) is 307 Å². The van der Waals surface area contributed by atoms with Crippen molar-refractivity contribution in [3.63, 3.8) is 0 Å². The molecule has 27 aliphatic rings. The van der Waals surface area contributed by atoms with Crippen molar-refractivity contribution in [2.75, 3.05) is 98.7 Å². The molecule has 48 unspecified atom stereocenters. The molecule has 0 spiro atoms. The molecule has 16 bridgehead atoms. The molecule has 0 aromatic heterocycles. The Morgan fingerprint density at radius 2 is 0.351 bits per heavy atom. The normalized spacial score (nSPS) is 39.0. The summed E-state index contributed by atoms with van der Waals surface area (Å²) in [6, 6.07) is -13.5. The number of rotatable bonds is 40. The van der Waals surface area contributed by atoms with Crippen LogP contribution in [0.3, 0.4) is 0 Å². The minimum absolute atomic E-state index is 0. The molecular formula is C76H120N8Na8O48S8. The predicted octanol–water partition coefficient (Wildman–Crippen LogP) is -49.4. The smallest absolute Gasteiger partial charge is 0.548 e. The first-order valence-electron chi connectivity index (χ1n) is 43.7. The molecule has 148 heavy (non-hydrogen) atoms. The van der Waals surface area contributed by atoms with Gasteiger partial charge in [-0.25, -0.2) is 0 Å². The van der Waals surface area contributed by atoms with Crippen molar-refractivity contribution >= 4 is 142 Å². The molecule has 27 fully saturated rings. The topological polar surface area (TPSA) is 1000 Å². The summed E-state index contributed by atoms with van der Waals surface area (Å²) in [4.78, 5) is 95.2. The fourth-order valence-electron chi connectivity index (χ4n) is 15.7. The van der Waals surface area contributed by atoms with E-state index in [1.807, 2.05) is 0 Å². The van der Waals surface area contributed by atoms with E-state index >= 15 is 0 Å². The number of ether oxygens (including phenoxy) is 16. The summed E-state index contributed by atoms with van der Waals surface area (Å²) >= 11 is 5.73. The molecule has 0 aliphatic carbocycles. The van der Waals surface area contributed by atoms with Gasteiger partial charge < -0.3 is 283 Å². The monoisotopic (exact) mass is 2350 g/mol. The van der Waals surface area contributed by atoms with E-state index in [9.17, 15) is 161 Å². The Bertz CT molecular complexity index is 3880. The van der Waals surface area contributed by atoms with Gasteiger partial charge in [0.15, 0.2) is 50.3 Å². The number of nitrogens with two attached hydrogens (primary N) is 8. The maximum Gasteiger partial charge on any atom is 1.00 e. The molecule has 808 valence electrons. The molecule has 0 saturated carbocycles. The Kier molecular flexibility index (Phi) is 75.0. The Morgan fingerprint density at radius 3 is 0.520 bits per heavy atom. The summed E-state index contributed by atoms with van der Waals surface area (Å²) in [5, 5.41) is 290. The quantitative estimate of drug-likeness (QED) is 0.0253. The first-order valence-corrected chi connectivity index (χ1v) is 52.9. The summed E-state index contributed by atoms with van der Waals surface area (Å²) in [6.07, 6.45) is -82.3. The third-order valence-corrected chi connectivity index (χ3v) is 32.9. The van der Waals surface area contributed by atoms with Crippen molar-refractivity contribution in [3.8, 4) is 0 Å². The van der Waals surface area contributed by atoms with Crippen molar-refractivity contribution in [1.82, 2.24) is 0 Å². The van der Waals surface area contributed by atoms with Crippen LogP contribution < -0.4 is 323 Å². The van der Waals surface area contributed by atoms with Gasteiger partial charge in [0.05, 0.1) is 151 Å². The number of carbonyl (C=O) groups is 8. The maximum atomic E-state index is 12.4. The second-order valence-corrected chi connectivity index (χ2v) is 42.7. The molecule has 0 amide bonds. The molecule has 27 aliphatic heterocycles. The first-order chi connectivity index (χ1) is 66.0. The van der Waals surface area contributed by atoms with Crippen LogP contribution in [0, 0.1) is 5.92 Å². The van der Waals surface area contributed by atoms with Crippen molar-refractivity contribution in [3.05, 3.63) is 0 Å². The van der Waals surface area contributed by atoms with E-state index in [4.69, 9.17) is 122 Å². The van der Waals surface area contributed by atoms with E-state index < -0.39 is 422 Å². The van der Waals surface area contributed by atoms with E-state index in [1.165, 1.54) is 0 Å². The summed E-state index contributed by atoms with van der Waals surface area (Å²) in [5.74, 6) is -22.8. The Hall–Kier alpha value is 4.96. The molecule has 0 aromatic carbocycles. The van der Waals surface area contributed by atoms with Crippen LogP contribution in [-0.2, 0) is 114 Å². The SMILES string of the molecule is NC(CSCC1OC2OC3C(CSCC(N)C(=O)[O-])OC(OC4C(CSCC(N)C(=O)[O-])OC(OC5C(CSCC(N)C(=O)[O-])OC(OC6C(CSCC(N)C(=O)[O-])OC(OC7C(CSCC(N)C(=O)[O-])OC(OC8C(CSCC(N)C(=O)[O-])OC(OC9C(CSCC(N)C(=O)[O-])OC(OCCCCC1C(O)C2O)C(O)C9O)C(O)C8O)C(O)C7O)C(O)C6O)C(O)C5O)C(O)C4O)C(O)C3O)C(=O)[O-].[Na+].[Na+].[Na+].[Na+].[Na+].[Na+].[Na+].[Na+]. The van der Waals surface area contributed by atoms with Crippen molar-refractivity contribution in [2.24, 2.45) is 51.8 Å². The predicted molar refractivity (Wildman–Crippen MR) is 465 cm³/mol. The summed E-state index contributed by atoms with van der Waals surface area (Å²) < 4.78 is 99.4. The maximum absolute atomic E-state index is 12.4. The number of aliphatic carboxylic acids is 8. The summed E-state index contributed by atoms with van der Waals surface area (Å²) in [7, 11) is 0.